The van der Waals surface area contributed by atoms with Gasteiger partial charge in [0.15, 0.2) is 0 Å². The minimum atomic E-state index is -3.16. The predicted octanol–water partition coefficient (Wildman–Crippen LogP) is 1.37. The first kappa shape index (κ1) is 18.9. The van der Waals surface area contributed by atoms with Gasteiger partial charge in [0.05, 0.1) is 6.26 Å². The molecule has 0 aromatic rings. The lowest BCUT2D eigenvalue weighted by molar-refractivity contribution is 0.0960. The van der Waals surface area contributed by atoms with Crippen LogP contribution >= 0.6 is 0 Å². The number of nitrogens with zero attached hydrogens (tertiary/aromatic N) is 2. The van der Waals surface area contributed by atoms with Crippen molar-refractivity contribution in [2.24, 2.45) is 5.92 Å². The molecule has 1 atom stereocenters. The van der Waals surface area contributed by atoms with Gasteiger partial charge >= 0.3 is 0 Å². The Balaban J connectivity index is 2.94. The van der Waals surface area contributed by atoms with E-state index in [0.717, 1.165) is 39.0 Å². The number of sulfonamides is 1. The van der Waals surface area contributed by atoms with E-state index in [0.29, 0.717) is 18.5 Å². The first-order chi connectivity index (χ1) is 9.81. The van der Waals surface area contributed by atoms with Crippen LogP contribution in [0.5, 0.6) is 0 Å². The maximum Gasteiger partial charge on any atom is 0.211 e. The second-order valence-electron chi connectivity index (χ2n) is 6.36. The Morgan fingerprint density at radius 3 is 2.05 bits per heavy atom. The molecule has 0 aromatic carbocycles. The number of nitrogens with one attached hydrogen (secondary N) is 1. The van der Waals surface area contributed by atoms with E-state index in [1.807, 2.05) is 13.8 Å². The molecule has 1 fully saturated rings. The van der Waals surface area contributed by atoms with Crippen LogP contribution in [0.1, 0.15) is 40.5 Å². The van der Waals surface area contributed by atoms with Crippen LogP contribution in [0, 0.1) is 5.92 Å². The van der Waals surface area contributed by atoms with Crippen molar-refractivity contribution in [3.63, 3.8) is 0 Å². The monoisotopic (exact) mass is 319 g/mol. The molecule has 0 aliphatic carbocycles. The Bertz CT molecular complexity index is 388. The normalized spacial score (nSPS) is 19.6. The van der Waals surface area contributed by atoms with E-state index in [1.165, 1.54) is 6.26 Å². The van der Waals surface area contributed by atoms with Crippen LogP contribution in [0.2, 0.25) is 0 Å². The van der Waals surface area contributed by atoms with Gasteiger partial charge in [0.25, 0.3) is 0 Å². The Labute approximate surface area is 131 Å². The van der Waals surface area contributed by atoms with Crippen LogP contribution < -0.4 is 5.32 Å². The molecule has 0 radical (unpaired) electrons. The molecule has 0 amide bonds. The van der Waals surface area contributed by atoms with Crippen LogP contribution in [-0.2, 0) is 10.0 Å². The SMILES string of the molecule is CCC(CC)[C@H](CN(C(C)C)S(C)(=O)=O)N1CCNCC1. The Morgan fingerprint density at radius 2 is 1.67 bits per heavy atom. The highest BCUT2D eigenvalue weighted by molar-refractivity contribution is 7.88. The van der Waals surface area contributed by atoms with Crippen molar-refractivity contribution in [2.75, 3.05) is 39.0 Å². The van der Waals surface area contributed by atoms with E-state index >= 15 is 0 Å². The smallest absolute Gasteiger partial charge is 0.211 e. The van der Waals surface area contributed by atoms with Crippen molar-refractivity contribution >= 4 is 10.0 Å². The summed E-state index contributed by atoms with van der Waals surface area (Å²) < 4.78 is 25.8. The first-order valence-electron chi connectivity index (χ1n) is 8.22. The summed E-state index contributed by atoms with van der Waals surface area (Å²) in [6, 6.07) is 0.332. The summed E-state index contributed by atoms with van der Waals surface area (Å²) >= 11 is 0. The molecule has 6 heteroatoms. The highest BCUT2D eigenvalue weighted by Gasteiger charge is 2.32. The minimum Gasteiger partial charge on any atom is -0.314 e. The average molecular weight is 320 g/mol. The number of piperazine rings is 1. The van der Waals surface area contributed by atoms with Crippen LogP contribution in [0.3, 0.4) is 0 Å². The molecular formula is C15H33N3O2S. The molecule has 1 saturated heterocycles. The highest BCUT2D eigenvalue weighted by atomic mass is 32.2. The lowest BCUT2D eigenvalue weighted by atomic mass is 9.92. The summed E-state index contributed by atoms with van der Waals surface area (Å²) in [7, 11) is -3.16. The highest BCUT2D eigenvalue weighted by Crippen LogP contribution is 2.22. The maximum atomic E-state index is 12.1. The summed E-state index contributed by atoms with van der Waals surface area (Å²) in [6.45, 7) is 13.0. The van der Waals surface area contributed by atoms with Crippen molar-refractivity contribution in [2.45, 2.75) is 52.6 Å². The summed E-state index contributed by atoms with van der Waals surface area (Å²) in [4.78, 5) is 2.48. The largest absolute Gasteiger partial charge is 0.314 e. The van der Waals surface area contributed by atoms with E-state index in [4.69, 9.17) is 0 Å². The molecule has 126 valence electrons. The fourth-order valence-corrected chi connectivity index (χ4v) is 4.51. The zero-order valence-corrected chi connectivity index (χ0v) is 15.1. The molecule has 0 unspecified atom stereocenters. The van der Waals surface area contributed by atoms with Crippen LogP contribution in [0.15, 0.2) is 0 Å². The third-order valence-corrected chi connectivity index (χ3v) is 6.01. The first-order valence-corrected chi connectivity index (χ1v) is 10.1. The van der Waals surface area contributed by atoms with E-state index in [-0.39, 0.29) is 6.04 Å². The van der Waals surface area contributed by atoms with Crippen LogP contribution in [0.4, 0.5) is 0 Å². The summed E-state index contributed by atoms with van der Waals surface area (Å²) in [5.41, 5.74) is 0. The van der Waals surface area contributed by atoms with E-state index in [2.05, 4.69) is 24.1 Å². The summed E-state index contributed by atoms with van der Waals surface area (Å²) in [6.07, 6.45) is 3.52. The van der Waals surface area contributed by atoms with Gasteiger partial charge in [0.1, 0.15) is 0 Å². The van der Waals surface area contributed by atoms with Gasteiger partial charge < -0.3 is 5.32 Å². The van der Waals surface area contributed by atoms with Gasteiger partial charge in [-0.1, -0.05) is 26.7 Å². The third kappa shape index (κ3) is 5.51. The zero-order valence-electron chi connectivity index (χ0n) is 14.3. The Hall–Kier alpha value is -0.170. The molecule has 21 heavy (non-hydrogen) atoms. The lowest BCUT2D eigenvalue weighted by Gasteiger charge is -2.41. The molecule has 0 spiro atoms. The Kier molecular flexibility index (Phi) is 7.60. The summed E-state index contributed by atoms with van der Waals surface area (Å²) in [5, 5.41) is 3.38. The molecular weight excluding hydrogens is 286 g/mol. The molecule has 1 rings (SSSR count). The summed E-state index contributed by atoms with van der Waals surface area (Å²) in [5.74, 6) is 0.547. The molecule has 1 aliphatic heterocycles. The van der Waals surface area contributed by atoms with Crippen molar-refractivity contribution < 1.29 is 8.42 Å². The number of hydrogen-bond acceptors (Lipinski definition) is 4. The third-order valence-electron chi connectivity index (χ3n) is 4.58. The molecule has 0 saturated carbocycles. The molecule has 0 bridgehead atoms. The lowest BCUT2D eigenvalue weighted by Crippen LogP contribution is -2.56. The molecule has 0 aromatic heterocycles. The van der Waals surface area contributed by atoms with Gasteiger partial charge in [-0.25, -0.2) is 8.42 Å². The van der Waals surface area contributed by atoms with Crippen molar-refractivity contribution in [3.8, 4) is 0 Å². The quantitative estimate of drug-likeness (QED) is 0.734. The maximum absolute atomic E-state index is 12.1. The van der Waals surface area contributed by atoms with Crippen LogP contribution in [-0.4, -0.2) is 68.7 Å². The van der Waals surface area contributed by atoms with Gasteiger partial charge in [-0.2, -0.15) is 4.31 Å². The van der Waals surface area contributed by atoms with Gasteiger partial charge in [-0.05, 0) is 19.8 Å². The fraction of sp³-hybridized carbons (Fsp3) is 1.00. The second kappa shape index (κ2) is 8.46. The molecule has 1 heterocycles. The van der Waals surface area contributed by atoms with Crippen molar-refractivity contribution in [3.05, 3.63) is 0 Å². The van der Waals surface area contributed by atoms with E-state index < -0.39 is 10.0 Å². The van der Waals surface area contributed by atoms with Gasteiger partial charge in [0, 0.05) is 44.8 Å². The standard InChI is InChI=1S/C15H33N3O2S/c1-6-14(7-2)15(17-10-8-16-9-11-17)12-18(13(3)4)21(5,19)20/h13-16H,6-12H2,1-5H3/t15-/m0/s1. The van der Waals surface area contributed by atoms with Crippen molar-refractivity contribution in [1.82, 2.24) is 14.5 Å². The predicted molar refractivity (Wildman–Crippen MR) is 89.0 cm³/mol. The minimum absolute atomic E-state index is 0.0137. The van der Waals surface area contributed by atoms with Crippen molar-refractivity contribution in [1.29, 1.82) is 0 Å². The number of hydrogen-bond donors (Lipinski definition) is 1. The second-order valence-corrected chi connectivity index (χ2v) is 8.29. The van der Waals surface area contributed by atoms with E-state index in [1.54, 1.807) is 4.31 Å². The number of rotatable bonds is 8. The Morgan fingerprint density at radius 1 is 1.14 bits per heavy atom. The molecule has 1 N–H and O–H groups in total. The fourth-order valence-electron chi connectivity index (χ4n) is 3.32. The zero-order chi connectivity index (χ0) is 16.0. The topological polar surface area (TPSA) is 52.7 Å². The van der Waals surface area contributed by atoms with Gasteiger partial charge in [-0.15, -0.1) is 0 Å². The molecule has 5 nitrogen and oxygen atoms in total. The molecule has 1 aliphatic rings. The van der Waals surface area contributed by atoms with Crippen LogP contribution in [0.25, 0.3) is 0 Å². The van der Waals surface area contributed by atoms with Gasteiger partial charge in [0.2, 0.25) is 10.0 Å². The van der Waals surface area contributed by atoms with Gasteiger partial charge in [-0.3, -0.25) is 4.90 Å². The van der Waals surface area contributed by atoms with E-state index in [9.17, 15) is 8.42 Å². The average Bonchev–Trinajstić information content (AvgIpc) is 2.42.